The van der Waals surface area contributed by atoms with E-state index in [1.54, 1.807) is 30.3 Å². The molecule has 24 heavy (non-hydrogen) atoms. The van der Waals surface area contributed by atoms with Gasteiger partial charge in [-0.25, -0.2) is 8.42 Å². The van der Waals surface area contributed by atoms with Crippen LogP contribution in [-0.4, -0.2) is 31.1 Å². The van der Waals surface area contributed by atoms with Crippen molar-refractivity contribution in [3.8, 4) is 0 Å². The number of hydrogen-bond donors (Lipinski definition) is 1. The Morgan fingerprint density at radius 2 is 1.79 bits per heavy atom. The SMILES string of the molecule is Cc1cccc([N+](=O)[O-])c1S(=O)(=O)N(C[C@H](C)O)c1ccccc1. The number of aliphatic hydroxyl groups excluding tert-OH is 1. The molecule has 0 amide bonds. The zero-order valence-corrected chi connectivity index (χ0v) is 14.1. The van der Waals surface area contributed by atoms with E-state index in [4.69, 9.17) is 0 Å². The number of nitro groups is 1. The predicted molar refractivity (Wildman–Crippen MR) is 90.5 cm³/mol. The summed E-state index contributed by atoms with van der Waals surface area (Å²) in [4.78, 5) is 10.2. The van der Waals surface area contributed by atoms with E-state index in [9.17, 15) is 23.6 Å². The third-order valence-electron chi connectivity index (χ3n) is 3.41. The Hall–Kier alpha value is -2.45. The van der Waals surface area contributed by atoms with Gasteiger partial charge < -0.3 is 5.11 Å². The number of nitro benzene ring substituents is 1. The van der Waals surface area contributed by atoms with Crippen LogP contribution in [0.4, 0.5) is 11.4 Å². The van der Waals surface area contributed by atoms with Crippen LogP contribution < -0.4 is 4.31 Å². The summed E-state index contributed by atoms with van der Waals surface area (Å²) < 4.78 is 27.2. The fourth-order valence-electron chi connectivity index (χ4n) is 2.40. The number of benzene rings is 2. The number of para-hydroxylation sites is 1. The number of hydrogen-bond acceptors (Lipinski definition) is 5. The molecule has 0 aliphatic rings. The quantitative estimate of drug-likeness (QED) is 0.637. The number of aliphatic hydroxyl groups is 1. The molecule has 0 saturated carbocycles. The number of nitrogens with zero attached hydrogens (tertiary/aromatic N) is 2. The molecule has 0 heterocycles. The van der Waals surface area contributed by atoms with Crippen molar-refractivity contribution in [1.82, 2.24) is 0 Å². The van der Waals surface area contributed by atoms with Crippen molar-refractivity contribution in [2.45, 2.75) is 24.8 Å². The van der Waals surface area contributed by atoms with Gasteiger partial charge in [-0.2, -0.15) is 0 Å². The minimum atomic E-state index is -4.22. The van der Waals surface area contributed by atoms with E-state index in [2.05, 4.69) is 0 Å². The lowest BCUT2D eigenvalue weighted by Gasteiger charge is -2.26. The van der Waals surface area contributed by atoms with Crippen LogP contribution in [0.25, 0.3) is 0 Å². The van der Waals surface area contributed by atoms with E-state index in [1.165, 1.54) is 26.0 Å². The van der Waals surface area contributed by atoms with Crippen LogP contribution in [0.3, 0.4) is 0 Å². The molecule has 8 heteroatoms. The van der Waals surface area contributed by atoms with Crippen LogP contribution in [0.1, 0.15) is 12.5 Å². The highest BCUT2D eigenvalue weighted by Crippen LogP contribution is 2.32. The minimum absolute atomic E-state index is 0.210. The lowest BCUT2D eigenvalue weighted by molar-refractivity contribution is -0.387. The Morgan fingerprint density at radius 3 is 2.33 bits per heavy atom. The Balaban J connectivity index is 2.68. The molecule has 2 aromatic carbocycles. The average Bonchev–Trinajstić information content (AvgIpc) is 2.52. The topological polar surface area (TPSA) is 101 Å². The van der Waals surface area contributed by atoms with Crippen molar-refractivity contribution in [1.29, 1.82) is 0 Å². The molecule has 1 N–H and O–H groups in total. The van der Waals surface area contributed by atoms with Crippen LogP contribution in [0, 0.1) is 17.0 Å². The number of rotatable bonds is 6. The van der Waals surface area contributed by atoms with Gasteiger partial charge in [0.2, 0.25) is 0 Å². The Labute approximate surface area is 140 Å². The smallest absolute Gasteiger partial charge is 0.290 e. The molecule has 0 aliphatic heterocycles. The second kappa shape index (κ2) is 6.98. The van der Waals surface area contributed by atoms with Gasteiger partial charge in [-0.1, -0.05) is 30.3 Å². The van der Waals surface area contributed by atoms with E-state index in [1.807, 2.05) is 0 Å². The molecule has 0 bridgehead atoms. The van der Waals surface area contributed by atoms with Gasteiger partial charge in [0.25, 0.3) is 15.7 Å². The van der Waals surface area contributed by atoms with Crippen molar-refractivity contribution in [3.05, 3.63) is 64.2 Å². The lowest BCUT2D eigenvalue weighted by Crippen LogP contribution is -2.37. The van der Waals surface area contributed by atoms with Crippen molar-refractivity contribution in [2.24, 2.45) is 0 Å². The molecule has 128 valence electrons. The first-order valence-electron chi connectivity index (χ1n) is 7.25. The molecular formula is C16H18N2O5S. The summed E-state index contributed by atoms with van der Waals surface area (Å²) in [6, 6.07) is 12.3. The zero-order chi connectivity index (χ0) is 17.9. The highest BCUT2D eigenvalue weighted by atomic mass is 32.2. The van der Waals surface area contributed by atoms with Crippen molar-refractivity contribution in [2.75, 3.05) is 10.8 Å². The van der Waals surface area contributed by atoms with Crippen molar-refractivity contribution >= 4 is 21.4 Å². The monoisotopic (exact) mass is 350 g/mol. The van der Waals surface area contributed by atoms with Gasteiger partial charge in [0.15, 0.2) is 4.90 Å². The Kier molecular flexibility index (Phi) is 5.20. The van der Waals surface area contributed by atoms with Crippen LogP contribution in [-0.2, 0) is 10.0 Å². The molecule has 1 atom stereocenters. The first-order chi connectivity index (χ1) is 11.2. The Bertz CT molecular complexity index is 835. The Morgan fingerprint density at radius 1 is 1.17 bits per heavy atom. The fraction of sp³-hybridized carbons (Fsp3) is 0.250. The van der Waals surface area contributed by atoms with E-state index in [-0.39, 0.29) is 17.0 Å². The maximum atomic E-state index is 13.1. The van der Waals surface area contributed by atoms with Crippen molar-refractivity contribution < 1.29 is 18.4 Å². The van der Waals surface area contributed by atoms with Crippen LogP contribution in [0.5, 0.6) is 0 Å². The van der Waals surface area contributed by atoms with Gasteiger partial charge in [-0.3, -0.25) is 14.4 Å². The molecule has 0 spiro atoms. The van der Waals surface area contributed by atoms with E-state index in [0.29, 0.717) is 5.69 Å². The van der Waals surface area contributed by atoms with Gasteiger partial charge >= 0.3 is 0 Å². The summed E-state index contributed by atoms with van der Waals surface area (Å²) in [5.74, 6) is 0. The largest absolute Gasteiger partial charge is 0.392 e. The van der Waals surface area contributed by atoms with Crippen LogP contribution in [0.15, 0.2) is 53.4 Å². The van der Waals surface area contributed by atoms with Gasteiger partial charge in [-0.05, 0) is 31.5 Å². The third kappa shape index (κ3) is 3.55. The molecule has 7 nitrogen and oxygen atoms in total. The molecule has 0 saturated heterocycles. The maximum absolute atomic E-state index is 13.1. The second-order valence-corrected chi connectivity index (χ2v) is 7.20. The lowest BCUT2D eigenvalue weighted by atomic mass is 10.2. The molecule has 0 fully saturated rings. The molecular weight excluding hydrogens is 332 g/mol. The summed E-state index contributed by atoms with van der Waals surface area (Å²) in [6.45, 7) is 2.75. The molecule has 0 aromatic heterocycles. The summed E-state index contributed by atoms with van der Waals surface area (Å²) >= 11 is 0. The average molecular weight is 350 g/mol. The maximum Gasteiger partial charge on any atom is 0.290 e. The summed E-state index contributed by atoms with van der Waals surface area (Å²) in [5, 5.41) is 21.0. The standard InChI is InChI=1S/C16H18N2O5S/c1-12-7-6-10-15(18(20)21)16(12)24(22,23)17(11-13(2)19)14-8-4-3-5-9-14/h3-10,13,19H,11H2,1-2H3/t13-/m0/s1. The second-order valence-electron chi connectivity index (χ2n) is 5.40. The van der Waals surface area contributed by atoms with E-state index >= 15 is 0 Å². The molecule has 0 aliphatic carbocycles. The van der Waals surface area contributed by atoms with E-state index < -0.39 is 26.7 Å². The van der Waals surface area contributed by atoms with Gasteiger partial charge in [0.05, 0.1) is 23.3 Å². The molecule has 2 aromatic rings. The van der Waals surface area contributed by atoms with Gasteiger partial charge in [0, 0.05) is 6.07 Å². The van der Waals surface area contributed by atoms with E-state index in [0.717, 1.165) is 10.4 Å². The normalized spacial score (nSPS) is 12.6. The first-order valence-corrected chi connectivity index (χ1v) is 8.69. The molecule has 0 radical (unpaired) electrons. The highest BCUT2D eigenvalue weighted by Gasteiger charge is 2.34. The highest BCUT2D eigenvalue weighted by molar-refractivity contribution is 7.93. The zero-order valence-electron chi connectivity index (χ0n) is 13.3. The summed E-state index contributed by atoms with van der Waals surface area (Å²) in [5.41, 5.74) is 0.119. The molecule has 2 rings (SSSR count). The van der Waals surface area contributed by atoms with Crippen LogP contribution in [0.2, 0.25) is 0 Å². The third-order valence-corrected chi connectivity index (χ3v) is 5.40. The number of sulfonamides is 1. The summed E-state index contributed by atoms with van der Waals surface area (Å²) in [6.07, 6.45) is -0.942. The van der Waals surface area contributed by atoms with Gasteiger partial charge in [-0.15, -0.1) is 0 Å². The predicted octanol–water partition coefficient (Wildman–Crippen LogP) is 2.48. The fourth-order valence-corrected chi connectivity index (χ4v) is 4.32. The molecule has 0 unspecified atom stereocenters. The number of aryl methyl sites for hydroxylation is 1. The van der Waals surface area contributed by atoms with Crippen molar-refractivity contribution in [3.63, 3.8) is 0 Å². The first kappa shape index (κ1) is 17.9. The summed E-state index contributed by atoms with van der Waals surface area (Å²) in [7, 11) is -4.22. The minimum Gasteiger partial charge on any atom is -0.392 e. The number of anilines is 1. The van der Waals surface area contributed by atoms with Crippen LogP contribution >= 0.6 is 0 Å². The van der Waals surface area contributed by atoms with Gasteiger partial charge in [0.1, 0.15) is 0 Å².